The summed E-state index contributed by atoms with van der Waals surface area (Å²) in [5, 5.41) is 4.11. The van der Waals surface area contributed by atoms with Crippen molar-refractivity contribution in [1.29, 1.82) is 0 Å². The predicted molar refractivity (Wildman–Crippen MR) is 68.6 cm³/mol. The van der Waals surface area contributed by atoms with Crippen molar-refractivity contribution in [3.05, 3.63) is 42.2 Å². The molecular formula is C14H18N2O. The maximum Gasteiger partial charge on any atom is 0.151 e. The first-order valence-electron chi connectivity index (χ1n) is 6.06. The molecule has 90 valence electrons. The zero-order valence-electron chi connectivity index (χ0n) is 10.4. The lowest BCUT2D eigenvalue weighted by atomic mass is 10.1. The topological polar surface area (TPSA) is 29.3 Å². The Morgan fingerprint density at radius 1 is 1.12 bits per heavy atom. The molecule has 2 rings (SSSR count). The highest BCUT2D eigenvalue weighted by atomic mass is 16.5. The Labute approximate surface area is 102 Å². The predicted octanol–water partition coefficient (Wildman–Crippen LogP) is 3.18. The number of aromatic nitrogens is 1. The fraction of sp³-hybridized carbons (Fsp3) is 0.357. The molecule has 0 spiro atoms. The molecule has 1 heterocycles. The Morgan fingerprint density at radius 3 is 2.47 bits per heavy atom. The van der Waals surface area contributed by atoms with Crippen LogP contribution in [0.25, 0.3) is 11.3 Å². The third-order valence-corrected chi connectivity index (χ3v) is 2.90. The number of benzene rings is 1. The van der Waals surface area contributed by atoms with Gasteiger partial charge in [-0.3, -0.25) is 4.90 Å². The van der Waals surface area contributed by atoms with E-state index < -0.39 is 0 Å². The lowest BCUT2D eigenvalue weighted by Gasteiger charge is -2.14. The van der Waals surface area contributed by atoms with Gasteiger partial charge in [0.25, 0.3) is 0 Å². The first kappa shape index (κ1) is 11.9. The highest BCUT2D eigenvalue weighted by molar-refractivity contribution is 5.58. The molecule has 0 radical (unpaired) electrons. The summed E-state index contributed by atoms with van der Waals surface area (Å²) in [7, 11) is 0. The van der Waals surface area contributed by atoms with E-state index in [-0.39, 0.29) is 0 Å². The summed E-state index contributed by atoms with van der Waals surface area (Å²) < 4.78 is 5.36. The van der Waals surface area contributed by atoms with Crippen molar-refractivity contribution >= 4 is 0 Å². The molecule has 0 aliphatic rings. The van der Waals surface area contributed by atoms with Crippen LogP contribution in [0.2, 0.25) is 0 Å². The van der Waals surface area contributed by atoms with E-state index in [2.05, 4.69) is 23.9 Å². The largest absolute Gasteiger partial charge is 0.359 e. The van der Waals surface area contributed by atoms with Gasteiger partial charge in [-0.15, -0.1) is 0 Å². The van der Waals surface area contributed by atoms with Crippen LogP contribution in [-0.2, 0) is 6.54 Å². The van der Waals surface area contributed by atoms with E-state index in [1.165, 1.54) is 0 Å². The fourth-order valence-electron chi connectivity index (χ4n) is 1.80. The fourth-order valence-corrected chi connectivity index (χ4v) is 1.80. The van der Waals surface area contributed by atoms with Crippen molar-refractivity contribution in [2.24, 2.45) is 0 Å². The van der Waals surface area contributed by atoms with E-state index in [0.717, 1.165) is 36.7 Å². The summed E-state index contributed by atoms with van der Waals surface area (Å²) in [5.41, 5.74) is 2.01. The van der Waals surface area contributed by atoms with E-state index >= 15 is 0 Å². The molecule has 2 aromatic rings. The lowest BCUT2D eigenvalue weighted by Crippen LogP contribution is -2.21. The van der Waals surface area contributed by atoms with Crippen molar-refractivity contribution in [2.75, 3.05) is 13.1 Å². The van der Waals surface area contributed by atoms with Gasteiger partial charge < -0.3 is 4.52 Å². The third-order valence-electron chi connectivity index (χ3n) is 2.90. The number of rotatable bonds is 5. The average Bonchev–Trinajstić information content (AvgIpc) is 2.85. The van der Waals surface area contributed by atoms with Gasteiger partial charge in [-0.25, -0.2) is 0 Å². The molecule has 0 aliphatic heterocycles. The summed E-state index contributed by atoms with van der Waals surface area (Å²) >= 11 is 0. The van der Waals surface area contributed by atoms with Crippen LogP contribution >= 0.6 is 0 Å². The Bertz CT molecular complexity index is 446. The highest BCUT2D eigenvalue weighted by Gasteiger charge is 2.08. The van der Waals surface area contributed by atoms with E-state index in [9.17, 15) is 0 Å². The molecule has 0 bridgehead atoms. The van der Waals surface area contributed by atoms with Gasteiger partial charge in [-0.2, -0.15) is 0 Å². The van der Waals surface area contributed by atoms with Crippen LogP contribution in [0.1, 0.15) is 19.6 Å². The summed E-state index contributed by atoms with van der Waals surface area (Å²) in [4.78, 5) is 2.30. The van der Waals surface area contributed by atoms with Crippen LogP contribution in [0.5, 0.6) is 0 Å². The Balaban J connectivity index is 2.11. The van der Waals surface area contributed by atoms with Crippen LogP contribution in [0.15, 0.2) is 40.9 Å². The molecule has 0 amide bonds. The molecule has 1 aromatic heterocycles. The van der Waals surface area contributed by atoms with E-state index in [0.29, 0.717) is 0 Å². The van der Waals surface area contributed by atoms with Crippen molar-refractivity contribution < 1.29 is 4.52 Å². The SMILES string of the molecule is CCN(CC)Cc1cc(-c2ccccc2)no1. The standard InChI is InChI=1S/C14H18N2O/c1-3-16(4-2)11-13-10-14(15-17-13)12-8-6-5-7-9-12/h5-10H,3-4,11H2,1-2H3. The molecular weight excluding hydrogens is 212 g/mol. The minimum atomic E-state index is 0.826. The second kappa shape index (κ2) is 5.64. The normalized spacial score (nSPS) is 11.0. The van der Waals surface area contributed by atoms with Gasteiger partial charge in [0.05, 0.1) is 6.54 Å². The Morgan fingerprint density at radius 2 is 1.82 bits per heavy atom. The highest BCUT2D eigenvalue weighted by Crippen LogP contribution is 2.19. The molecule has 3 heteroatoms. The first-order valence-corrected chi connectivity index (χ1v) is 6.06. The average molecular weight is 230 g/mol. The van der Waals surface area contributed by atoms with Crippen LogP contribution in [-0.4, -0.2) is 23.1 Å². The maximum atomic E-state index is 5.36. The molecule has 17 heavy (non-hydrogen) atoms. The lowest BCUT2D eigenvalue weighted by molar-refractivity contribution is 0.252. The molecule has 0 atom stereocenters. The molecule has 0 N–H and O–H groups in total. The van der Waals surface area contributed by atoms with Gasteiger partial charge in [-0.05, 0) is 13.1 Å². The van der Waals surface area contributed by atoms with Gasteiger partial charge in [-0.1, -0.05) is 49.3 Å². The Hall–Kier alpha value is -1.61. The molecule has 0 unspecified atom stereocenters. The van der Waals surface area contributed by atoms with Crippen molar-refractivity contribution in [1.82, 2.24) is 10.1 Å². The van der Waals surface area contributed by atoms with Gasteiger partial charge in [0, 0.05) is 11.6 Å². The van der Waals surface area contributed by atoms with Crippen LogP contribution in [0.4, 0.5) is 0 Å². The molecule has 3 nitrogen and oxygen atoms in total. The maximum absolute atomic E-state index is 5.36. The zero-order chi connectivity index (χ0) is 12.1. The van der Waals surface area contributed by atoms with E-state index in [1.54, 1.807) is 0 Å². The zero-order valence-corrected chi connectivity index (χ0v) is 10.4. The molecule has 0 saturated carbocycles. The summed E-state index contributed by atoms with van der Waals surface area (Å²) in [6.07, 6.45) is 0. The van der Waals surface area contributed by atoms with Crippen molar-refractivity contribution in [3.8, 4) is 11.3 Å². The van der Waals surface area contributed by atoms with E-state index in [4.69, 9.17) is 4.52 Å². The van der Waals surface area contributed by atoms with E-state index in [1.807, 2.05) is 36.4 Å². The van der Waals surface area contributed by atoms with Crippen molar-refractivity contribution in [2.45, 2.75) is 20.4 Å². The first-order chi connectivity index (χ1) is 8.33. The molecule has 1 aromatic carbocycles. The third kappa shape index (κ3) is 2.94. The second-order valence-electron chi connectivity index (χ2n) is 4.01. The van der Waals surface area contributed by atoms with Gasteiger partial charge in [0.1, 0.15) is 5.69 Å². The quantitative estimate of drug-likeness (QED) is 0.790. The summed E-state index contributed by atoms with van der Waals surface area (Å²) in [6.45, 7) is 7.18. The Kier molecular flexibility index (Phi) is 3.94. The van der Waals surface area contributed by atoms with Crippen LogP contribution in [0, 0.1) is 0 Å². The number of hydrogen-bond donors (Lipinski definition) is 0. The minimum Gasteiger partial charge on any atom is -0.359 e. The molecule has 0 fully saturated rings. The summed E-state index contributed by atoms with van der Waals surface area (Å²) in [5.74, 6) is 0.924. The van der Waals surface area contributed by atoms with Gasteiger partial charge in [0.15, 0.2) is 5.76 Å². The number of nitrogens with zero attached hydrogens (tertiary/aromatic N) is 2. The second-order valence-corrected chi connectivity index (χ2v) is 4.01. The number of hydrogen-bond acceptors (Lipinski definition) is 3. The summed E-state index contributed by atoms with van der Waals surface area (Å²) in [6, 6.07) is 12.1. The van der Waals surface area contributed by atoms with Gasteiger partial charge in [0.2, 0.25) is 0 Å². The van der Waals surface area contributed by atoms with Crippen LogP contribution in [0.3, 0.4) is 0 Å². The molecule has 0 saturated heterocycles. The monoisotopic (exact) mass is 230 g/mol. The van der Waals surface area contributed by atoms with Gasteiger partial charge >= 0.3 is 0 Å². The van der Waals surface area contributed by atoms with Crippen molar-refractivity contribution in [3.63, 3.8) is 0 Å². The molecule has 0 aliphatic carbocycles. The smallest absolute Gasteiger partial charge is 0.151 e. The van der Waals surface area contributed by atoms with Crippen LogP contribution < -0.4 is 0 Å². The minimum absolute atomic E-state index is 0.826.